The van der Waals surface area contributed by atoms with E-state index < -0.39 is 29.9 Å². The number of amides is 1. The molecule has 0 bridgehead atoms. The zero-order valence-corrected chi connectivity index (χ0v) is 21.8. The number of carboxylic acids is 1. The van der Waals surface area contributed by atoms with Crippen molar-refractivity contribution in [3.8, 4) is 5.75 Å². The molecular formula is C26H25N3O6S2. The van der Waals surface area contributed by atoms with Crippen molar-refractivity contribution in [2.45, 2.75) is 31.8 Å². The average molecular weight is 540 g/mol. The van der Waals surface area contributed by atoms with Crippen LogP contribution in [0.3, 0.4) is 0 Å². The number of esters is 1. The van der Waals surface area contributed by atoms with E-state index >= 15 is 0 Å². The van der Waals surface area contributed by atoms with E-state index in [2.05, 4.69) is 5.10 Å². The van der Waals surface area contributed by atoms with Crippen LogP contribution in [0.2, 0.25) is 0 Å². The van der Waals surface area contributed by atoms with Crippen molar-refractivity contribution in [3.63, 3.8) is 0 Å². The molecule has 0 radical (unpaired) electrons. The molecule has 2 aliphatic heterocycles. The maximum absolute atomic E-state index is 13.4. The normalized spacial score (nSPS) is 19.2. The van der Waals surface area contributed by atoms with Crippen LogP contribution in [0, 0.1) is 0 Å². The van der Waals surface area contributed by atoms with E-state index in [1.165, 1.54) is 16.1 Å². The largest absolute Gasteiger partial charge is 0.497 e. The molecule has 1 N–H and O–H groups in total. The van der Waals surface area contributed by atoms with Crippen LogP contribution in [0.25, 0.3) is 0 Å². The van der Waals surface area contributed by atoms with Gasteiger partial charge in [0.25, 0.3) is 5.91 Å². The van der Waals surface area contributed by atoms with Gasteiger partial charge in [-0.15, -0.1) is 0 Å². The number of thioether (sulfide) groups is 1. The fraction of sp³-hybridized carbons (Fsp3) is 0.269. The Balaban J connectivity index is 1.62. The Labute approximate surface area is 223 Å². The Morgan fingerprint density at radius 2 is 1.92 bits per heavy atom. The third-order valence-electron chi connectivity index (χ3n) is 5.87. The number of carboxylic acid groups (broad SMARTS) is 1. The van der Waals surface area contributed by atoms with Gasteiger partial charge in [-0.2, -0.15) is 5.10 Å². The first kappa shape index (κ1) is 26.4. The molecule has 9 nitrogen and oxygen atoms in total. The Hall–Kier alpha value is -3.70. The van der Waals surface area contributed by atoms with Crippen molar-refractivity contribution in [1.82, 2.24) is 9.91 Å². The summed E-state index contributed by atoms with van der Waals surface area (Å²) >= 11 is 6.47. The molecule has 0 aliphatic carbocycles. The van der Waals surface area contributed by atoms with Crippen LogP contribution >= 0.6 is 24.0 Å². The van der Waals surface area contributed by atoms with Crippen molar-refractivity contribution >= 4 is 51.9 Å². The van der Waals surface area contributed by atoms with Crippen LogP contribution < -0.4 is 4.74 Å². The summed E-state index contributed by atoms with van der Waals surface area (Å²) in [6.45, 7) is 1.85. The predicted molar refractivity (Wildman–Crippen MR) is 143 cm³/mol. The number of carbonyl (C=O) groups is 3. The standard InChI is InChI=1S/C26H25N3O6S2/c1-3-35-25(33)21(13-16-7-5-4-6-8-16)29-23(30)22(37-26(29)36)15-28-20(24(31)32)14-19(27-28)17-9-11-18(34-2)12-10-17/h4-12,15,20-21H,3,13-14H2,1-2H3,(H,31,32)/b22-15-/t20-,21+/m1/s1. The third kappa shape index (κ3) is 5.83. The maximum Gasteiger partial charge on any atom is 0.329 e. The minimum Gasteiger partial charge on any atom is -0.497 e. The fourth-order valence-corrected chi connectivity index (χ4v) is 5.34. The highest BCUT2D eigenvalue weighted by atomic mass is 32.2. The second-order valence-corrected chi connectivity index (χ2v) is 9.88. The number of benzene rings is 2. The molecule has 192 valence electrons. The summed E-state index contributed by atoms with van der Waals surface area (Å²) in [4.78, 5) is 39.7. The van der Waals surface area contributed by atoms with E-state index in [1.54, 1.807) is 38.3 Å². The molecule has 37 heavy (non-hydrogen) atoms. The van der Waals surface area contributed by atoms with Gasteiger partial charge in [-0.05, 0) is 42.3 Å². The highest BCUT2D eigenvalue weighted by Gasteiger charge is 2.42. The molecule has 1 fully saturated rings. The third-order valence-corrected chi connectivity index (χ3v) is 7.18. The number of rotatable bonds is 9. The van der Waals surface area contributed by atoms with Gasteiger partial charge in [0.2, 0.25) is 0 Å². The highest BCUT2D eigenvalue weighted by Crippen LogP contribution is 2.35. The molecule has 2 aliphatic rings. The second-order valence-electron chi connectivity index (χ2n) is 8.21. The number of methoxy groups -OCH3 is 1. The van der Waals surface area contributed by atoms with Gasteiger partial charge in [-0.25, -0.2) is 9.59 Å². The minimum atomic E-state index is -1.08. The van der Waals surface area contributed by atoms with E-state index in [0.717, 1.165) is 22.9 Å². The molecule has 4 rings (SSSR count). The first-order valence-electron chi connectivity index (χ1n) is 11.5. The minimum absolute atomic E-state index is 0.151. The molecule has 2 aromatic rings. The zero-order valence-electron chi connectivity index (χ0n) is 20.2. The summed E-state index contributed by atoms with van der Waals surface area (Å²) in [7, 11) is 1.56. The summed E-state index contributed by atoms with van der Waals surface area (Å²) in [5, 5.41) is 15.5. The second kappa shape index (κ2) is 11.6. The van der Waals surface area contributed by atoms with Gasteiger partial charge in [0.15, 0.2) is 6.04 Å². The first-order chi connectivity index (χ1) is 17.8. The number of hydrogen-bond acceptors (Lipinski definition) is 9. The number of nitrogens with zero attached hydrogens (tertiary/aromatic N) is 3. The quantitative estimate of drug-likeness (QED) is 0.291. The van der Waals surface area contributed by atoms with E-state index in [4.69, 9.17) is 21.7 Å². The molecule has 1 amide bonds. The van der Waals surface area contributed by atoms with Crippen LogP contribution in [0.5, 0.6) is 5.75 Å². The number of thiocarbonyl (C=S) groups is 1. The molecular weight excluding hydrogens is 514 g/mol. The van der Waals surface area contributed by atoms with E-state index in [-0.39, 0.29) is 28.7 Å². The van der Waals surface area contributed by atoms with Crippen molar-refractivity contribution in [1.29, 1.82) is 0 Å². The molecule has 2 aromatic carbocycles. The maximum atomic E-state index is 13.4. The van der Waals surface area contributed by atoms with Gasteiger partial charge in [-0.1, -0.05) is 54.3 Å². The smallest absolute Gasteiger partial charge is 0.329 e. The summed E-state index contributed by atoms with van der Waals surface area (Å²) in [5.74, 6) is -1.47. The molecule has 2 heterocycles. The van der Waals surface area contributed by atoms with Crippen LogP contribution in [0.4, 0.5) is 0 Å². The number of hydrogen-bond donors (Lipinski definition) is 1. The van der Waals surface area contributed by atoms with Crippen molar-refractivity contribution in [2.24, 2.45) is 5.10 Å². The predicted octanol–water partition coefficient (Wildman–Crippen LogP) is 3.43. The molecule has 0 aromatic heterocycles. The zero-order chi connectivity index (χ0) is 26.5. The van der Waals surface area contributed by atoms with Crippen molar-refractivity contribution < 1.29 is 29.0 Å². The Morgan fingerprint density at radius 1 is 1.22 bits per heavy atom. The van der Waals surface area contributed by atoms with Gasteiger partial charge in [0.1, 0.15) is 16.1 Å². The van der Waals surface area contributed by atoms with Gasteiger partial charge < -0.3 is 14.6 Å². The van der Waals surface area contributed by atoms with Crippen molar-refractivity contribution in [2.75, 3.05) is 13.7 Å². The van der Waals surface area contributed by atoms with Crippen LogP contribution in [-0.2, 0) is 25.5 Å². The highest BCUT2D eigenvalue weighted by molar-refractivity contribution is 8.26. The summed E-state index contributed by atoms with van der Waals surface area (Å²) in [6, 6.07) is 14.5. The van der Waals surface area contributed by atoms with Gasteiger partial charge in [0, 0.05) is 19.0 Å². The molecule has 0 unspecified atom stereocenters. The van der Waals surface area contributed by atoms with E-state index in [0.29, 0.717) is 11.5 Å². The first-order valence-corrected chi connectivity index (χ1v) is 12.8. The molecule has 1 saturated heterocycles. The SMILES string of the molecule is CCOC(=O)[C@H](Cc1ccccc1)N1C(=O)/C(=C/N2N=C(c3ccc(OC)cc3)C[C@@H]2C(=O)O)SC1=S. The van der Waals surface area contributed by atoms with Crippen LogP contribution in [0.15, 0.2) is 70.8 Å². The summed E-state index contributed by atoms with van der Waals surface area (Å²) < 4.78 is 10.6. The molecule has 0 saturated carbocycles. The number of aliphatic carboxylic acids is 1. The van der Waals surface area contributed by atoms with E-state index in [9.17, 15) is 19.5 Å². The Bertz CT molecular complexity index is 1260. The molecule has 11 heteroatoms. The lowest BCUT2D eigenvalue weighted by atomic mass is 10.0. The lowest BCUT2D eigenvalue weighted by Crippen LogP contribution is -2.46. The fourth-order valence-electron chi connectivity index (χ4n) is 4.02. The number of ether oxygens (including phenoxy) is 2. The topological polar surface area (TPSA) is 109 Å². The van der Waals surface area contributed by atoms with Crippen molar-refractivity contribution in [3.05, 3.63) is 76.8 Å². The van der Waals surface area contributed by atoms with Crippen LogP contribution in [-0.4, -0.2) is 68.7 Å². The molecule has 0 spiro atoms. The monoisotopic (exact) mass is 539 g/mol. The number of carbonyl (C=O) groups excluding carboxylic acids is 2. The van der Waals surface area contributed by atoms with Crippen LogP contribution in [0.1, 0.15) is 24.5 Å². The molecule has 2 atom stereocenters. The number of hydrazone groups is 1. The van der Waals surface area contributed by atoms with Gasteiger partial charge in [0.05, 0.1) is 24.3 Å². The average Bonchev–Trinajstić information content (AvgIpc) is 3.44. The van der Waals surface area contributed by atoms with E-state index in [1.807, 2.05) is 30.3 Å². The summed E-state index contributed by atoms with van der Waals surface area (Å²) in [5.41, 5.74) is 2.16. The van der Waals surface area contributed by atoms with Gasteiger partial charge in [-0.3, -0.25) is 14.7 Å². The van der Waals surface area contributed by atoms with Gasteiger partial charge >= 0.3 is 11.9 Å². The summed E-state index contributed by atoms with van der Waals surface area (Å²) in [6.07, 6.45) is 1.76. The Morgan fingerprint density at radius 3 is 2.54 bits per heavy atom. The lowest BCUT2D eigenvalue weighted by Gasteiger charge is -2.25. The Kier molecular flexibility index (Phi) is 8.24. The lowest BCUT2D eigenvalue weighted by molar-refractivity contribution is -0.150.